The second kappa shape index (κ2) is 5.66. The fourth-order valence-electron chi connectivity index (χ4n) is 2.12. The Morgan fingerprint density at radius 1 is 1.40 bits per heavy atom. The fourth-order valence-corrected chi connectivity index (χ4v) is 3.05. The average Bonchev–Trinajstić information content (AvgIpc) is 2.85. The number of aromatic nitrogens is 2. The lowest BCUT2D eigenvalue weighted by Crippen LogP contribution is -2.11. The summed E-state index contributed by atoms with van der Waals surface area (Å²) in [6.07, 6.45) is 0.718. The highest BCUT2D eigenvalue weighted by Crippen LogP contribution is 2.30. The highest BCUT2D eigenvalue weighted by Gasteiger charge is 2.28. The minimum Gasteiger partial charge on any atom is -0.465 e. The number of benzene rings is 1. The van der Waals surface area contributed by atoms with Gasteiger partial charge in [-0.2, -0.15) is 0 Å². The van der Waals surface area contributed by atoms with E-state index in [4.69, 9.17) is 4.74 Å². The zero-order valence-electron chi connectivity index (χ0n) is 11.1. The number of fused-ring (bicyclic) bond motifs is 1. The molecule has 1 N–H and O–H groups in total. The van der Waals surface area contributed by atoms with Gasteiger partial charge >= 0.3 is 5.97 Å². The Balaban J connectivity index is 1.96. The summed E-state index contributed by atoms with van der Waals surface area (Å²) in [4.78, 5) is 20.6. The number of carbonyl (C=O) groups is 1. The quantitative estimate of drug-likeness (QED) is 0.689. The standard InChI is InChI=1S/C14H15N3O2S/c1-2-15-12-9-5-3-4-6-10(9)16-14(17-12)20-11-7-8-19-13(11)18/h3-6,11H,2,7-8H2,1H3,(H,15,16,17)/t11-/m0/s1. The van der Waals surface area contributed by atoms with Gasteiger partial charge in [0, 0.05) is 18.4 Å². The summed E-state index contributed by atoms with van der Waals surface area (Å²) in [7, 11) is 0. The van der Waals surface area contributed by atoms with E-state index in [0.717, 1.165) is 29.7 Å². The number of ether oxygens (including phenoxy) is 1. The molecule has 1 saturated heterocycles. The maximum Gasteiger partial charge on any atom is 0.319 e. The molecule has 1 aliphatic rings. The normalized spacial score (nSPS) is 18.2. The highest BCUT2D eigenvalue weighted by atomic mass is 32.2. The van der Waals surface area contributed by atoms with Gasteiger partial charge in [-0.1, -0.05) is 23.9 Å². The third kappa shape index (κ3) is 2.56. The topological polar surface area (TPSA) is 64.1 Å². The SMILES string of the molecule is CCNc1nc(S[C@H]2CCOC2=O)nc2ccccc12. The van der Waals surface area contributed by atoms with Crippen molar-refractivity contribution in [2.75, 3.05) is 18.5 Å². The molecule has 0 amide bonds. The van der Waals surface area contributed by atoms with E-state index in [0.29, 0.717) is 11.8 Å². The number of hydrogen-bond acceptors (Lipinski definition) is 6. The summed E-state index contributed by atoms with van der Waals surface area (Å²) >= 11 is 1.38. The number of hydrogen-bond donors (Lipinski definition) is 1. The molecule has 1 aromatic heterocycles. The number of nitrogens with one attached hydrogen (secondary N) is 1. The average molecular weight is 289 g/mol. The van der Waals surface area contributed by atoms with Gasteiger partial charge in [-0.05, 0) is 19.1 Å². The van der Waals surface area contributed by atoms with Crippen molar-refractivity contribution < 1.29 is 9.53 Å². The van der Waals surface area contributed by atoms with Crippen LogP contribution in [0.25, 0.3) is 10.9 Å². The van der Waals surface area contributed by atoms with Crippen LogP contribution in [0.4, 0.5) is 5.82 Å². The van der Waals surface area contributed by atoms with Crippen LogP contribution >= 0.6 is 11.8 Å². The molecule has 5 nitrogen and oxygen atoms in total. The van der Waals surface area contributed by atoms with E-state index < -0.39 is 0 Å². The van der Waals surface area contributed by atoms with Gasteiger partial charge < -0.3 is 10.1 Å². The largest absolute Gasteiger partial charge is 0.465 e. The van der Waals surface area contributed by atoms with Gasteiger partial charge in [0.25, 0.3) is 0 Å². The molecule has 0 aliphatic carbocycles. The Labute approximate surface area is 121 Å². The predicted octanol–water partition coefficient (Wildman–Crippen LogP) is 2.47. The number of anilines is 1. The monoisotopic (exact) mass is 289 g/mol. The van der Waals surface area contributed by atoms with E-state index in [1.54, 1.807) is 0 Å². The molecule has 2 aromatic rings. The van der Waals surface area contributed by atoms with Gasteiger partial charge in [-0.25, -0.2) is 9.97 Å². The van der Waals surface area contributed by atoms with Crippen molar-refractivity contribution in [1.29, 1.82) is 0 Å². The Hall–Kier alpha value is -1.82. The molecule has 1 fully saturated rings. The maximum absolute atomic E-state index is 11.5. The first-order valence-electron chi connectivity index (χ1n) is 6.62. The van der Waals surface area contributed by atoms with Crippen molar-refractivity contribution in [1.82, 2.24) is 9.97 Å². The van der Waals surface area contributed by atoms with E-state index in [9.17, 15) is 4.79 Å². The van der Waals surface area contributed by atoms with Gasteiger partial charge in [-0.3, -0.25) is 4.79 Å². The van der Waals surface area contributed by atoms with Gasteiger partial charge in [0.15, 0.2) is 5.16 Å². The molecule has 0 saturated carbocycles. The zero-order chi connectivity index (χ0) is 13.9. The molecule has 1 aliphatic heterocycles. The van der Waals surface area contributed by atoms with Crippen LogP contribution in [0.1, 0.15) is 13.3 Å². The van der Waals surface area contributed by atoms with Gasteiger partial charge in [0.1, 0.15) is 11.1 Å². The fraction of sp³-hybridized carbons (Fsp3) is 0.357. The second-order valence-electron chi connectivity index (χ2n) is 4.46. The van der Waals surface area contributed by atoms with Crippen LogP contribution < -0.4 is 5.32 Å². The molecule has 0 spiro atoms. The summed E-state index contributed by atoms with van der Waals surface area (Å²) < 4.78 is 4.97. The van der Waals surface area contributed by atoms with Crippen molar-refractivity contribution in [3.8, 4) is 0 Å². The van der Waals surface area contributed by atoms with E-state index >= 15 is 0 Å². The molecule has 104 valence electrons. The number of para-hydroxylation sites is 1. The van der Waals surface area contributed by atoms with E-state index in [-0.39, 0.29) is 11.2 Å². The lowest BCUT2D eigenvalue weighted by Gasteiger charge is -2.10. The Morgan fingerprint density at radius 2 is 2.25 bits per heavy atom. The molecule has 0 bridgehead atoms. The molecular weight excluding hydrogens is 274 g/mol. The van der Waals surface area contributed by atoms with Crippen LogP contribution in [-0.4, -0.2) is 34.3 Å². The minimum absolute atomic E-state index is 0.170. The van der Waals surface area contributed by atoms with Gasteiger partial charge in [0.2, 0.25) is 0 Å². The lowest BCUT2D eigenvalue weighted by atomic mass is 10.2. The Bertz CT molecular complexity index is 647. The maximum atomic E-state index is 11.5. The van der Waals surface area contributed by atoms with Crippen LogP contribution in [0.3, 0.4) is 0 Å². The number of rotatable bonds is 4. The van der Waals surface area contributed by atoms with Crippen molar-refractivity contribution in [3.63, 3.8) is 0 Å². The van der Waals surface area contributed by atoms with Crippen molar-refractivity contribution in [2.45, 2.75) is 23.8 Å². The third-order valence-electron chi connectivity index (χ3n) is 3.06. The first-order valence-corrected chi connectivity index (χ1v) is 7.50. The third-order valence-corrected chi connectivity index (χ3v) is 4.17. The summed E-state index contributed by atoms with van der Waals surface area (Å²) in [6.45, 7) is 3.30. The van der Waals surface area contributed by atoms with E-state index in [1.165, 1.54) is 11.8 Å². The molecule has 0 radical (unpaired) electrons. The van der Waals surface area contributed by atoms with Crippen LogP contribution in [0.5, 0.6) is 0 Å². The summed E-state index contributed by atoms with van der Waals surface area (Å²) in [5.74, 6) is 0.642. The summed E-state index contributed by atoms with van der Waals surface area (Å²) in [6, 6.07) is 7.86. The molecule has 3 rings (SSSR count). The number of nitrogens with zero attached hydrogens (tertiary/aromatic N) is 2. The van der Waals surface area contributed by atoms with Crippen LogP contribution in [0.15, 0.2) is 29.4 Å². The first kappa shape index (κ1) is 13.2. The van der Waals surface area contributed by atoms with Crippen LogP contribution in [-0.2, 0) is 9.53 Å². The minimum atomic E-state index is -0.189. The lowest BCUT2D eigenvalue weighted by molar-refractivity contribution is -0.137. The molecule has 2 heterocycles. The smallest absolute Gasteiger partial charge is 0.319 e. The highest BCUT2D eigenvalue weighted by molar-refractivity contribution is 8.00. The van der Waals surface area contributed by atoms with Gasteiger partial charge in [-0.15, -0.1) is 0 Å². The van der Waals surface area contributed by atoms with Gasteiger partial charge in [0.05, 0.1) is 12.1 Å². The predicted molar refractivity (Wildman–Crippen MR) is 78.9 cm³/mol. The van der Waals surface area contributed by atoms with E-state index in [1.807, 2.05) is 31.2 Å². The first-order chi connectivity index (χ1) is 9.78. The number of thioether (sulfide) groups is 1. The Morgan fingerprint density at radius 3 is 3.00 bits per heavy atom. The van der Waals surface area contributed by atoms with Crippen molar-refractivity contribution in [3.05, 3.63) is 24.3 Å². The van der Waals surface area contributed by atoms with Crippen molar-refractivity contribution >= 4 is 34.5 Å². The molecular formula is C14H15N3O2S. The van der Waals surface area contributed by atoms with Crippen LogP contribution in [0, 0.1) is 0 Å². The number of carbonyl (C=O) groups excluding carboxylic acids is 1. The molecule has 1 atom stereocenters. The Kier molecular flexibility index (Phi) is 3.73. The van der Waals surface area contributed by atoms with E-state index in [2.05, 4.69) is 15.3 Å². The molecule has 1 aromatic carbocycles. The molecule has 0 unspecified atom stereocenters. The molecule has 6 heteroatoms. The molecule has 20 heavy (non-hydrogen) atoms. The summed E-state index contributed by atoms with van der Waals surface area (Å²) in [5.41, 5.74) is 0.882. The van der Waals surface area contributed by atoms with Crippen molar-refractivity contribution in [2.24, 2.45) is 0 Å². The summed E-state index contributed by atoms with van der Waals surface area (Å²) in [5, 5.41) is 4.66. The van der Waals surface area contributed by atoms with Crippen LogP contribution in [0.2, 0.25) is 0 Å². The second-order valence-corrected chi connectivity index (χ2v) is 5.63. The number of esters is 1. The number of cyclic esters (lactones) is 1. The zero-order valence-corrected chi connectivity index (χ0v) is 11.9.